The molecule has 1 N–H and O–H groups in total. The minimum Gasteiger partial charge on any atom is -0.388 e. The van der Waals surface area contributed by atoms with Gasteiger partial charge < -0.3 is 5.11 Å². The highest BCUT2D eigenvalue weighted by atomic mass is 32.2. The Bertz CT molecular complexity index is 428. The van der Waals surface area contributed by atoms with Crippen LogP contribution in [0.2, 0.25) is 0 Å². The van der Waals surface area contributed by atoms with Crippen molar-refractivity contribution in [2.75, 3.05) is 0 Å². The van der Waals surface area contributed by atoms with Crippen LogP contribution in [-0.4, -0.2) is 14.5 Å². The van der Waals surface area contributed by atoms with Crippen molar-refractivity contribution in [3.8, 4) is 0 Å². The topological polar surface area (TPSA) is 46.0 Å². The van der Waals surface area contributed by atoms with E-state index in [0.29, 0.717) is 0 Å². The minimum atomic E-state index is -0.361. The van der Waals surface area contributed by atoms with Crippen LogP contribution in [0.25, 0.3) is 0 Å². The average molecular weight is 252 g/mol. The molecule has 0 bridgehead atoms. The Balaban J connectivity index is 2.07. The first-order valence-corrected chi connectivity index (χ1v) is 6.61. The van der Waals surface area contributed by atoms with Crippen LogP contribution in [0.4, 0.5) is 0 Å². The zero-order valence-electron chi connectivity index (χ0n) is 8.83. The lowest BCUT2D eigenvalue weighted by Gasteiger charge is -2.07. The van der Waals surface area contributed by atoms with Gasteiger partial charge in [0.1, 0.15) is 6.33 Å². The Labute approximate surface area is 103 Å². The lowest BCUT2D eigenvalue weighted by molar-refractivity contribution is 0.173. The van der Waals surface area contributed by atoms with Gasteiger partial charge in [-0.25, -0.2) is 4.98 Å². The monoisotopic (exact) mass is 252 g/mol. The van der Waals surface area contributed by atoms with Gasteiger partial charge in [0.25, 0.3) is 0 Å². The van der Waals surface area contributed by atoms with Crippen LogP contribution in [0.15, 0.2) is 39.8 Å². The van der Waals surface area contributed by atoms with Crippen LogP contribution in [0, 0.1) is 0 Å². The van der Waals surface area contributed by atoms with Gasteiger partial charge in [0.15, 0.2) is 4.34 Å². The molecule has 16 heavy (non-hydrogen) atoms. The predicted molar refractivity (Wildman–Crippen MR) is 65.7 cm³/mol. The van der Waals surface area contributed by atoms with Crippen LogP contribution in [0.5, 0.6) is 0 Å². The van der Waals surface area contributed by atoms with E-state index in [1.54, 1.807) is 18.1 Å². The maximum Gasteiger partial charge on any atom is 0.174 e. The van der Waals surface area contributed by atoms with Crippen LogP contribution in [-0.2, 0) is 0 Å². The van der Waals surface area contributed by atoms with Crippen LogP contribution >= 0.6 is 23.3 Å². The first kappa shape index (κ1) is 11.6. The number of aromatic nitrogens is 2. The third kappa shape index (κ3) is 2.81. The van der Waals surface area contributed by atoms with Crippen LogP contribution in [0.3, 0.4) is 0 Å². The van der Waals surface area contributed by atoms with Crippen molar-refractivity contribution in [3.05, 3.63) is 36.2 Å². The molecule has 2 rings (SSSR count). The molecule has 1 heterocycles. The number of rotatable bonds is 4. The molecule has 3 nitrogen and oxygen atoms in total. The summed E-state index contributed by atoms with van der Waals surface area (Å²) in [5.74, 6) is 0. The smallest absolute Gasteiger partial charge is 0.174 e. The highest BCUT2D eigenvalue weighted by molar-refractivity contribution is 8.01. The molecule has 1 aromatic carbocycles. The van der Waals surface area contributed by atoms with E-state index < -0.39 is 0 Å². The SMILES string of the molecule is CCC(O)c1ccc(Sc2ncns2)cc1. The molecule has 1 unspecified atom stereocenters. The Morgan fingerprint density at radius 3 is 2.69 bits per heavy atom. The molecule has 0 saturated heterocycles. The summed E-state index contributed by atoms with van der Waals surface area (Å²) in [6.07, 6.45) is 1.94. The first-order valence-electron chi connectivity index (χ1n) is 5.02. The van der Waals surface area contributed by atoms with Crippen molar-refractivity contribution < 1.29 is 5.11 Å². The maximum absolute atomic E-state index is 9.65. The van der Waals surface area contributed by atoms with Crippen molar-refractivity contribution in [2.24, 2.45) is 0 Å². The number of hydrogen-bond acceptors (Lipinski definition) is 5. The molecule has 0 aliphatic heterocycles. The standard InChI is InChI=1S/C11H12N2OS2/c1-2-10(14)8-3-5-9(6-4-8)15-11-12-7-13-16-11/h3-7,10,14H,2H2,1H3. The van der Waals surface area contributed by atoms with Gasteiger partial charge in [0, 0.05) is 4.90 Å². The number of aliphatic hydroxyl groups is 1. The molecule has 2 aromatic rings. The molecule has 1 aromatic heterocycles. The van der Waals surface area contributed by atoms with Gasteiger partial charge in [-0.05, 0) is 35.6 Å². The Kier molecular flexibility index (Phi) is 3.93. The van der Waals surface area contributed by atoms with Gasteiger partial charge in [-0.15, -0.1) is 0 Å². The molecule has 5 heteroatoms. The molecule has 0 fully saturated rings. The lowest BCUT2D eigenvalue weighted by Crippen LogP contribution is -1.93. The second-order valence-electron chi connectivity index (χ2n) is 3.30. The molecule has 0 aliphatic rings. The van der Waals surface area contributed by atoms with E-state index in [0.717, 1.165) is 21.2 Å². The fraction of sp³-hybridized carbons (Fsp3) is 0.273. The van der Waals surface area contributed by atoms with E-state index in [1.165, 1.54) is 11.5 Å². The summed E-state index contributed by atoms with van der Waals surface area (Å²) < 4.78 is 4.88. The van der Waals surface area contributed by atoms with E-state index in [-0.39, 0.29) is 6.10 Å². The van der Waals surface area contributed by atoms with E-state index in [2.05, 4.69) is 9.36 Å². The van der Waals surface area contributed by atoms with Crippen molar-refractivity contribution in [3.63, 3.8) is 0 Å². The molecule has 0 radical (unpaired) electrons. The van der Waals surface area contributed by atoms with Crippen molar-refractivity contribution in [1.29, 1.82) is 0 Å². The minimum absolute atomic E-state index is 0.361. The van der Waals surface area contributed by atoms with E-state index in [1.807, 2.05) is 31.2 Å². The molecule has 0 spiro atoms. The quantitative estimate of drug-likeness (QED) is 0.908. The van der Waals surface area contributed by atoms with Crippen molar-refractivity contribution in [2.45, 2.75) is 28.7 Å². The molecule has 0 saturated carbocycles. The second kappa shape index (κ2) is 5.43. The molecule has 0 amide bonds. The molecule has 0 aliphatic carbocycles. The van der Waals surface area contributed by atoms with Gasteiger partial charge in [0.2, 0.25) is 0 Å². The molecule has 1 atom stereocenters. The number of nitrogens with zero attached hydrogens (tertiary/aromatic N) is 2. The van der Waals surface area contributed by atoms with E-state index in [9.17, 15) is 5.11 Å². The summed E-state index contributed by atoms with van der Waals surface area (Å²) in [7, 11) is 0. The van der Waals surface area contributed by atoms with Gasteiger partial charge >= 0.3 is 0 Å². The second-order valence-corrected chi connectivity index (χ2v) is 5.40. The highest BCUT2D eigenvalue weighted by Gasteiger charge is 2.05. The number of benzene rings is 1. The zero-order chi connectivity index (χ0) is 11.4. The van der Waals surface area contributed by atoms with Crippen LogP contribution < -0.4 is 0 Å². The zero-order valence-corrected chi connectivity index (χ0v) is 10.5. The predicted octanol–water partition coefficient (Wildman–Crippen LogP) is 3.13. The largest absolute Gasteiger partial charge is 0.388 e. The van der Waals surface area contributed by atoms with Crippen molar-refractivity contribution >= 4 is 23.3 Å². The average Bonchev–Trinajstić information content (AvgIpc) is 2.82. The summed E-state index contributed by atoms with van der Waals surface area (Å²) in [6, 6.07) is 7.91. The molecular weight excluding hydrogens is 240 g/mol. The first-order chi connectivity index (χ1) is 7.79. The third-order valence-electron chi connectivity index (χ3n) is 2.20. The van der Waals surface area contributed by atoms with Crippen molar-refractivity contribution in [1.82, 2.24) is 9.36 Å². The van der Waals surface area contributed by atoms with Gasteiger partial charge in [-0.3, -0.25) is 0 Å². The van der Waals surface area contributed by atoms with E-state index in [4.69, 9.17) is 0 Å². The Morgan fingerprint density at radius 2 is 2.12 bits per heavy atom. The molecule has 84 valence electrons. The van der Waals surface area contributed by atoms with Gasteiger partial charge in [0.05, 0.1) is 6.10 Å². The fourth-order valence-electron chi connectivity index (χ4n) is 1.30. The molecular formula is C11H12N2OS2. The van der Waals surface area contributed by atoms with E-state index >= 15 is 0 Å². The Morgan fingerprint density at radius 1 is 1.38 bits per heavy atom. The normalized spacial score (nSPS) is 12.6. The number of aliphatic hydroxyl groups excluding tert-OH is 1. The highest BCUT2D eigenvalue weighted by Crippen LogP contribution is 2.29. The number of hydrogen-bond donors (Lipinski definition) is 1. The maximum atomic E-state index is 9.65. The summed E-state index contributed by atoms with van der Waals surface area (Å²) in [5, 5.41) is 9.65. The van der Waals surface area contributed by atoms with Gasteiger partial charge in [-0.2, -0.15) is 4.37 Å². The van der Waals surface area contributed by atoms with Crippen LogP contribution in [0.1, 0.15) is 25.0 Å². The lowest BCUT2D eigenvalue weighted by atomic mass is 10.1. The summed E-state index contributed by atoms with van der Waals surface area (Å²) in [5.41, 5.74) is 0.962. The summed E-state index contributed by atoms with van der Waals surface area (Å²) in [4.78, 5) is 5.22. The summed E-state index contributed by atoms with van der Waals surface area (Å²) >= 11 is 2.97. The third-order valence-corrected chi connectivity index (χ3v) is 3.92. The summed E-state index contributed by atoms with van der Waals surface area (Å²) in [6.45, 7) is 1.97. The van der Waals surface area contributed by atoms with Gasteiger partial charge in [-0.1, -0.05) is 30.8 Å². The Hall–Kier alpha value is -0.910. The fourth-order valence-corrected chi connectivity index (χ4v) is 2.72.